The Morgan fingerprint density at radius 2 is 2.21 bits per heavy atom. The van der Waals surface area contributed by atoms with E-state index in [2.05, 4.69) is 35.9 Å². The molecule has 1 heterocycles. The van der Waals surface area contributed by atoms with Crippen molar-refractivity contribution in [3.05, 3.63) is 39.9 Å². The zero-order chi connectivity index (χ0) is 17.7. The highest BCUT2D eigenvalue weighted by Crippen LogP contribution is 2.22. The van der Waals surface area contributed by atoms with Gasteiger partial charge in [-0.05, 0) is 52.1 Å². The maximum absolute atomic E-state index is 13.2. The Kier molecular flexibility index (Phi) is 5.99. The number of benzene rings is 1. The molecule has 0 radical (unpaired) electrons. The van der Waals surface area contributed by atoms with E-state index < -0.39 is 15.8 Å². The van der Waals surface area contributed by atoms with Crippen molar-refractivity contribution >= 4 is 37.5 Å². The summed E-state index contributed by atoms with van der Waals surface area (Å²) in [4.78, 5) is 4.09. The lowest BCUT2D eigenvalue weighted by molar-refractivity contribution is 0.234. The average Bonchev–Trinajstić information content (AvgIpc) is 2.95. The molecule has 2 rings (SSSR count). The minimum atomic E-state index is -3.59. The molecule has 2 aromatic rings. The molecule has 1 aromatic carbocycles. The number of halogens is 2. The third-order valence-corrected chi connectivity index (χ3v) is 4.34. The predicted molar refractivity (Wildman–Crippen MR) is 85.8 cm³/mol. The smallest absolute Gasteiger partial charge is 0.209 e. The number of rotatable bonds is 6. The Morgan fingerprint density at radius 1 is 1.46 bits per heavy atom. The van der Waals surface area contributed by atoms with E-state index in [1.54, 1.807) is 0 Å². The molecule has 9 nitrogen and oxygen atoms in total. The lowest BCUT2D eigenvalue weighted by Gasteiger charge is -2.04. The fraction of sp³-hybridized carbons (Fsp3) is 0.250. The van der Waals surface area contributed by atoms with Crippen LogP contribution in [0.3, 0.4) is 0 Å². The Hall–Kier alpha value is -1.89. The molecule has 0 fully saturated rings. The van der Waals surface area contributed by atoms with Crippen LogP contribution in [0.1, 0.15) is 17.8 Å². The van der Waals surface area contributed by atoms with Crippen molar-refractivity contribution in [3.8, 4) is 0 Å². The minimum absolute atomic E-state index is 0.0830. The quantitative estimate of drug-likeness (QED) is 0.361. The van der Waals surface area contributed by atoms with E-state index in [9.17, 15) is 18.0 Å². The van der Waals surface area contributed by atoms with Crippen molar-refractivity contribution in [2.24, 2.45) is 10.1 Å². The molecule has 0 aliphatic carbocycles. The van der Waals surface area contributed by atoms with Crippen molar-refractivity contribution < 1.29 is 22.6 Å². The molecule has 0 saturated carbocycles. The van der Waals surface area contributed by atoms with Crippen LogP contribution in [-0.4, -0.2) is 35.5 Å². The highest BCUT2D eigenvalue weighted by atomic mass is 79.9. The number of sulfonamides is 1. The van der Waals surface area contributed by atoms with Crippen LogP contribution in [0.2, 0.25) is 0 Å². The van der Waals surface area contributed by atoms with E-state index in [1.165, 1.54) is 18.2 Å². The van der Waals surface area contributed by atoms with E-state index in [-0.39, 0.29) is 34.6 Å². The van der Waals surface area contributed by atoms with Crippen molar-refractivity contribution in [1.29, 1.82) is 0 Å². The van der Waals surface area contributed by atoms with Gasteiger partial charge in [0.1, 0.15) is 11.5 Å². The zero-order valence-corrected chi connectivity index (χ0v) is 14.5. The molecule has 0 unspecified atom stereocenters. The first-order valence-electron chi connectivity index (χ1n) is 6.56. The number of nitrogens with one attached hydrogen (secondary N) is 1. The van der Waals surface area contributed by atoms with Gasteiger partial charge >= 0.3 is 0 Å². The minimum Gasteiger partial charge on any atom is -0.290 e. The molecule has 1 aromatic heterocycles. The largest absolute Gasteiger partial charge is 0.290 e. The maximum Gasteiger partial charge on any atom is 0.209 e. The van der Waals surface area contributed by atoms with Crippen molar-refractivity contribution in [3.63, 3.8) is 0 Å². The number of hydrogen-bond acceptors (Lipinski definition) is 7. The number of nitrogens with zero attached hydrogens (tertiary/aromatic N) is 3. The maximum atomic E-state index is 13.2. The summed E-state index contributed by atoms with van der Waals surface area (Å²) in [6.45, 7) is 0. The topological polar surface area (TPSA) is 144 Å². The summed E-state index contributed by atoms with van der Waals surface area (Å²) in [5.41, 5.74) is 2.60. The van der Waals surface area contributed by atoms with Crippen LogP contribution in [0, 0.1) is 5.82 Å². The summed E-state index contributed by atoms with van der Waals surface area (Å²) < 4.78 is 39.9. The third-order valence-electron chi connectivity index (χ3n) is 2.87. The Labute approximate surface area is 144 Å². The van der Waals surface area contributed by atoms with E-state index in [0.29, 0.717) is 11.4 Å². The SMILES string of the molecule is NS(=O)(=O)CCCc1nonc1C(=Nc1ccc(F)c(Br)c1)NO. The summed E-state index contributed by atoms with van der Waals surface area (Å²) in [5, 5.41) is 21.5. The predicted octanol–water partition coefficient (Wildman–Crippen LogP) is 1.25. The first-order valence-corrected chi connectivity index (χ1v) is 9.07. The molecular weight excluding hydrogens is 409 g/mol. The second-order valence-electron chi connectivity index (χ2n) is 4.70. The normalized spacial score (nSPS) is 12.4. The number of aliphatic imine (C=N–C) groups is 1. The zero-order valence-electron chi connectivity index (χ0n) is 12.1. The first kappa shape index (κ1) is 18.4. The highest BCUT2D eigenvalue weighted by molar-refractivity contribution is 9.10. The molecule has 0 saturated heterocycles. The average molecular weight is 422 g/mol. The number of aryl methyl sites for hydroxylation is 1. The van der Waals surface area contributed by atoms with Crippen LogP contribution in [-0.2, 0) is 16.4 Å². The van der Waals surface area contributed by atoms with Gasteiger partial charge in [0.2, 0.25) is 10.0 Å². The van der Waals surface area contributed by atoms with Crippen LogP contribution < -0.4 is 10.6 Å². The molecule has 0 bridgehead atoms. The monoisotopic (exact) mass is 421 g/mol. The molecule has 0 amide bonds. The molecule has 12 heteroatoms. The van der Waals surface area contributed by atoms with Gasteiger partial charge in [0, 0.05) is 0 Å². The van der Waals surface area contributed by atoms with Crippen LogP contribution in [0.25, 0.3) is 0 Å². The van der Waals surface area contributed by atoms with Gasteiger partial charge in [-0.1, -0.05) is 5.16 Å². The molecule has 24 heavy (non-hydrogen) atoms. The molecule has 130 valence electrons. The van der Waals surface area contributed by atoms with E-state index in [4.69, 9.17) is 5.14 Å². The Balaban J connectivity index is 2.23. The molecule has 0 aliphatic heterocycles. The summed E-state index contributed by atoms with van der Waals surface area (Å²) in [7, 11) is -3.59. The summed E-state index contributed by atoms with van der Waals surface area (Å²) in [5.74, 6) is -0.775. The van der Waals surface area contributed by atoms with Gasteiger partial charge in [0.15, 0.2) is 11.5 Å². The number of hydroxylamine groups is 1. The number of primary sulfonamides is 1. The van der Waals surface area contributed by atoms with Gasteiger partial charge in [-0.15, -0.1) is 0 Å². The molecule has 4 N–H and O–H groups in total. The molecular formula is C12H13BrFN5O4S. The lowest BCUT2D eigenvalue weighted by atomic mass is 10.2. The first-order chi connectivity index (χ1) is 11.3. The van der Waals surface area contributed by atoms with E-state index in [1.807, 2.05) is 5.48 Å². The van der Waals surface area contributed by atoms with Crippen molar-refractivity contribution in [1.82, 2.24) is 15.8 Å². The summed E-state index contributed by atoms with van der Waals surface area (Å²) in [6.07, 6.45) is 0.393. The van der Waals surface area contributed by atoms with Crippen LogP contribution in [0.4, 0.5) is 10.1 Å². The van der Waals surface area contributed by atoms with E-state index >= 15 is 0 Å². The van der Waals surface area contributed by atoms with Crippen LogP contribution in [0.15, 0.2) is 32.3 Å². The standard InChI is InChI=1S/C12H13BrFN5O4S/c13-8-6-7(3-4-9(8)14)16-12(17-20)11-10(18-23-19-11)2-1-5-24(15,21)22/h3-4,6,20H,1-2,5H2,(H,16,17)(H2,15,21,22). The molecule has 0 atom stereocenters. The molecule has 0 spiro atoms. The van der Waals surface area contributed by atoms with E-state index in [0.717, 1.165) is 0 Å². The lowest BCUT2D eigenvalue weighted by Crippen LogP contribution is -2.22. The van der Waals surface area contributed by atoms with Gasteiger partial charge in [-0.25, -0.2) is 27.6 Å². The van der Waals surface area contributed by atoms with Crippen molar-refractivity contribution in [2.45, 2.75) is 12.8 Å². The van der Waals surface area contributed by atoms with Gasteiger partial charge in [0.25, 0.3) is 0 Å². The second kappa shape index (κ2) is 7.79. The number of aromatic nitrogens is 2. The van der Waals surface area contributed by atoms with Crippen LogP contribution in [0.5, 0.6) is 0 Å². The van der Waals surface area contributed by atoms with Crippen molar-refractivity contribution in [2.75, 3.05) is 5.75 Å². The van der Waals surface area contributed by atoms with Crippen LogP contribution >= 0.6 is 15.9 Å². The highest BCUT2D eigenvalue weighted by Gasteiger charge is 2.17. The second-order valence-corrected chi connectivity index (χ2v) is 7.29. The molecule has 0 aliphatic rings. The Bertz CT molecular complexity index is 855. The van der Waals surface area contributed by atoms with Gasteiger partial charge < -0.3 is 0 Å². The number of nitrogens with two attached hydrogens (primary N) is 1. The van der Waals surface area contributed by atoms with Gasteiger partial charge in [-0.3, -0.25) is 10.7 Å². The third kappa shape index (κ3) is 5.06. The van der Waals surface area contributed by atoms with Gasteiger partial charge in [-0.2, -0.15) is 0 Å². The number of amidine groups is 1. The Morgan fingerprint density at radius 3 is 2.83 bits per heavy atom. The fourth-order valence-electron chi connectivity index (χ4n) is 1.81. The summed E-state index contributed by atoms with van der Waals surface area (Å²) >= 11 is 3.03. The number of hydrogen-bond donors (Lipinski definition) is 3. The fourth-order valence-corrected chi connectivity index (χ4v) is 2.72. The van der Waals surface area contributed by atoms with Gasteiger partial charge in [0.05, 0.1) is 15.9 Å². The summed E-state index contributed by atoms with van der Waals surface area (Å²) in [6, 6.07) is 4.00.